The van der Waals surface area contributed by atoms with Gasteiger partial charge in [-0.3, -0.25) is 4.98 Å². The first-order valence-electron chi connectivity index (χ1n) is 13.7. The molecule has 6 nitrogen and oxygen atoms in total. The van der Waals surface area contributed by atoms with Gasteiger partial charge in [-0.15, -0.1) is 0 Å². The van der Waals surface area contributed by atoms with Gasteiger partial charge in [-0.25, -0.2) is 0 Å². The van der Waals surface area contributed by atoms with Crippen LogP contribution in [0.25, 0.3) is 0 Å². The second-order valence-corrected chi connectivity index (χ2v) is 18.4. The van der Waals surface area contributed by atoms with Gasteiger partial charge in [0.25, 0.3) is 0 Å². The predicted molar refractivity (Wildman–Crippen MR) is 154 cm³/mol. The molecule has 0 aliphatic heterocycles. The van der Waals surface area contributed by atoms with E-state index >= 15 is 0 Å². The van der Waals surface area contributed by atoms with Gasteiger partial charge in [0.2, 0.25) is 5.69 Å². The molecule has 1 heterocycles. The monoisotopic (exact) mass is 571 g/mol. The minimum absolute atomic E-state index is 0.0379. The first-order valence-corrected chi connectivity index (χ1v) is 17.5. The molecule has 6 aliphatic rings. The largest absolute Gasteiger partial charge is 0.506 e. The topological polar surface area (TPSA) is 92.0 Å². The number of fused-ring (bicyclic) bond motifs is 4. The Bertz CT molecular complexity index is 1000. The zero-order chi connectivity index (χ0) is 27.5. The highest BCUT2D eigenvalue weighted by atomic mass is 32.9. The maximum atomic E-state index is 9.38. The molecule has 9 heteroatoms. The van der Waals surface area contributed by atoms with Crippen LogP contribution >= 0.6 is 17.9 Å². The first kappa shape index (κ1) is 29.8. The van der Waals surface area contributed by atoms with Crippen LogP contribution in [0.2, 0.25) is 0 Å². The highest BCUT2D eigenvalue weighted by Crippen LogP contribution is 2.68. The van der Waals surface area contributed by atoms with E-state index in [2.05, 4.69) is 46.5 Å². The van der Waals surface area contributed by atoms with Crippen molar-refractivity contribution < 1.29 is 24.4 Å². The minimum Gasteiger partial charge on any atom is -0.506 e. The average molecular weight is 572 g/mol. The molecule has 1 aromatic rings. The number of aromatic nitrogens is 1. The number of aliphatic hydroxyl groups is 2. The van der Waals surface area contributed by atoms with Crippen LogP contribution in [0.3, 0.4) is 0 Å². The summed E-state index contributed by atoms with van der Waals surface area (Å²) in [6.07, 6.45) is 6.91. The lowest BCUT2D eigenvalue weighted by Gasteiger charge is -2.62. The van der Waals surface area contributed by atoms with Gasteiger partial charge in [0, 0.05) is 17.3 Å². The SMILES string of the molecule is C[C@@H]1[C@@H](OP(=S)(S)O[C@H]2C[C@H]3C[C@@H]([C@@H]2C)C3(C)C)C[C@H]2C[C@@H]1C2(C)C.Cc1ncc(CO)c(CO)c1O. The van der Waals surface area contributed by atoms with Crippen molar-refractivity contribution >= 4 is 29.7 Å². The van der Waals surface area contributed by atoms with E-state index in [1.54, 1.807) is 6.92 Å². The standard InChI is InChI=1S/C20H35O2PS2.C8H11NO3/c1-11-15-7-13(19(15,3)4)9-17(11)21-23(24,25)22-18-10-14-8-16(12(18)2)20(14,5)6;1-5-8(12)7(4-11)6(3-10)2-9-5/h11-18H,7-10H2,1-6H3,(H,24,25);2,10-12H,3-4H2,1H3/t11-,12-,13+,14+,15-,16-,17-,18-;/m0./s1. The van der Waals surface area contributed by atoms with E-state index in [1.165, 1.54) is 19.0 Å². The van der Waals surface area contributed by atoms with E-state index in [-0.39, 0.29) is 31.2 Å². The number of rotatable bonds is 6. The Balaban J connectivity index is 0.000000225. The van der Waals surface area contributed by atoms with E-state index < -0.39 is 5.69 Å². The number of aliphatic hydroxyl groups excluding tert-OH is 2. The second-order valence-electron chi connectivity index (χ2n) is 13.2. The number of pyridine rings is 1. The average Bonchev–Trinajstić information content (AvgIpc) is 2.82. The molecule has 0 spiro atoms. The van der Waals surface area contributed by atoms with Crippen LogP contribution in [0, 0.1) is 53.3 Å². The number of thiol groups is 1. The fraction of sp³-hybridized carbons (Fsp3) is 0.821. The summed E-state index contributed by atoms with van der Waals surface area (Å²) in [7, 11) is 0. The molecule has 8 atom stereocenters. The maximum Gasteiger partial charge on any atom is 0.244 e. The lowest BCUT2D eigenvalue weighted by molar-refractivity contribution is -0.157. The molecule has 6 aliphatic carbocycles. The molecular formula is C28H46NO5PS2. The molecule has 0 unspecified atom stereocenters. The molecule has 4 bridgehead atoms. The van der Waals surface area contributed by atoms with E-state index in [0.29, 0.717) is 39.5 Å². The van der Waals surface area contributed by atoms with Crippen LogP contribution in [0.15, 0.2) is 6.20 Å². The summed E-state index contributed by atoms with van der Waals surface area (Å²) in [5, 5.41) is 27.0. The van der Waals surface area contributed by atoms with Crippen molar-refractivity contribution in [1.29, 1.82) is 0 Å². The van der Waals surface area contributed by atoms with Crippen molar-refractivity contribution in [2.45, 2.75) is 99.6 Å². The summed E-state index contributed by atoms with van der Waals surface area (Å²) in [6, 6.07) is 0. The van der Waals surface area contributed by atoms with Gasteiger partial charge in [-0.05, 0) is 90.8 Å². The van der Waals surface area contributed by atoms with Gasteiger partial charge < -0.3 is 24.4 Å². The molecule has 210 valence electrons. The summed E-state index contributed by atoms with van der Waals surface area (Å²) in [5.41, 5.74) is -0.254. The zero-order valence-corrected chi connectivity index (χ0v) is 26.0. The number of hydrogen-bond acceptors (Lipinski definition) is 7. The van der Waals surface area contributed by atoms with Crippen molar-refractivity contribution in [3.05, 3.63) is 23.0 Å². The van der Waals surface area contributed by atoms with Crippen molar-refractivity contribution in [3.63, 3.8) is 0 Å². The van der Waals surface area contributed by atoms with Crippen molar-refractivity contribution in [1.82, 2.24) is 4.98 Å². The molecule has 1 aromatic heterocycles. The van der Waals surface area contributed by atoms with Crippen LogP contribution in [0.1, 0.15) is 84.0 Å². The molecule has 6 fully saturated rings. The van der Waals surface area contributed by atoms with Crippen LogP contribution in [-0.4, -0.2) is 32.5 Å². The zero-order valence-electron chi connectivity index (χ0n) is 23.3. The lowest BCUT2D eigenvalue weighted by atomic mass is 9.45. The van der Waals surface area contributed by atoms with Crippen molar-refractivity contribution in [3.8, 4) is 5.75 Å². The summed E-state index contributed by atoms with van der Waals surface area (Å²) in [4.78, 5) is 3.84. The molecule has 0 saturated heterocycles. The summed E-state index contributed by atoms with van der Waals surface area (Å²) >= 11 is 10.5. The maximum absolute atomic E-state index is 9.38. The van der Waals surface area contributed by atoms with Crippen LogP contribution in [0.5, 0.6) is 5.75 Å². The third kappa shape index (κ3) is 5.42. The van der Waals surface area contributed by atoms with E-state index in [1.807, 2.05) is 0 Å². The molecule has 3 N–H and O–H groups in total. The van der Waals surface area contributed by atoms with Gasteiger partial charge in [0.05, 0.1) is 31.1 Å². The summed E-state index contributed by atoms with van der Waals surface area (Å²) in [5.74, 6) is 4.18. The highest BCUT2D eigenvalue weighted by Gasteiger charge is 2.59. The van der Waals surface area contributed by atoms with Crippen molar-refractivity contribution in [2.75, 3.05) is 0 Å². The van der Waals surface area contributed by atoms with Gasteiger partial charge in [0.1, 0.15) is 5.75 Å². The Morgan fingerprint density at radius 1 is 0.946 bits per heavy atom. The highest BCUT2D eigenvalue weighted by molar-refractivity contribution is 8.60. The number of nitrogens with zero attached hydrogens (tertiary/aromatic N) is 1. The minimum atomic E-state index is -2.47. The third-order valence-electron chi connectivity index (χ3n) is 10.9. The summed E-state index contributed by atoms with van der Waals surface area (Å²) in [6.45, 7) is 15.5. The Morgan fingerprint density at radius 2 is 1.41 bits per heavy atom. The third-order valence-corrected chi connectivity index (χ3v) is 13.0. The van der Waals surface area contributed by atoms with Gasteiger partial charge in [0.15, 0.2) is 0 Å². The molecule has 0 amide bonds. The van der Waals surface area contributed by atoms with E-state index in [4.69, 9.17) is 43.3 Å². The number of aryl methyl sites for hydroxylation is 1. The quantitative estimate of drug-likeness (QED) is 0.232. The van der Waals surface area contributed by atoms with Gasteiger partial charge in [-0.1, -0.05) is 53.8 Å². The Labute approximate surface area is 233 Å². The molecule has 0 radical (unpaired) electrons. The van der Waals surface area contributed by atoms with Gasteiger partial charge in [-0.2, -0.15) is 0 Å². The Morgan fingerprint density at radius 3 is 1.76 bits per heavy atom. The van der Waals surface area contributed by atoms with Gasteiger partial charge >= 0.3 is 0 Å². The number of aromatic hydroxyl groups is 1. The first-order chi connectivity index (χ1) is 17.1. The molecule has 37 heavy (non-hydrogen) atoms. The molecule has 0 aromatic carbocycles. The molecule has 7 rings (SSSR count). The molecular weight excluding hydrogens is 525 g/mol. The fourth-order valence-electron chi connectivity index (χ4n) is 7.85. The van der Waals surface area contributed by atoms with Crippen LogP contribution < -0.4 is 0 Å². The van der Waals surface area contributed by atoms with Crippen molar-refractivity contribution in [2.24, 2.45) is 46.3 Å². The lowest BCUT2D eigenvalue weighted by Crippen LogP contribution is -2.57. The van der Waals surface area contributed by atoms with E-state index in [0.717, 1.165) is 36.5 Å². The van der Waals surface area contributed by atoms with E-state index in [9.17, 15) is 5.11 Å². The normalized spacial score (nSPS) is 37.0. The number of hydrogen-bond donors (Lipinski definition) is 4. The fourth-order valence-corrected chi connectivity index (χ4v) is 10.5. The summed E-state index contributed by atoms with van der Waals surface area (Å²) < 4.78 is 12.8. The van der Waals surface area contributed by atoms with Crippen LogP contribution in [0.4, 0.5) is 0 Å². The predicted octanol–water partition coefficient (Wildman–Crippen LogP) is 6.40. The molecule has 6 saturated carbocycles. The Hall–Kier alpha value is -0.210. The Kier molecular flexibility index (Phi) is 8.56. The second kappa shape index (κ2) is 10.6. The van der Waals surface area contributed by atoms with Crippen LogP contribution in [-0.2, 0) is 34.1 Å². The smallest absolute Gasteiger partial charge is 0.244 e.